The van der Waals surface area contributed by atoms with Gasteiger partial charge in [-0.3, -0.25) is 4.79 Å². The molecule has 3 heterocycles. The number of halogens is 3. The second kappa shape index (κ2) is 13.8. The van der Waals surface area contributed by atoms with E-state index in [-0.39, 0.29) is 25.3 Å². The number of aliphatic hydroxyl groups is 2. The summed E-state index contributed by atoms with van der Waals surface area (Å²) in [6, 6.07) is 18.1. The summed E-state index contributed by atoms with van der Waals surface area (Å²) in [6.45, 7) is 4.72. The molecule has 1 saturated carbocycles. The highest BCUT2D eigenvalue weighted by molar-refractivity contribution is 5.85. The number of hydrogen-bond donors (Lipinski definition) is 4. The van der Waals surface area contributed by atoms with E-state index in [0.29, 0.717) is 47.5 Å². The summed E-state index contributed by atoms with van der Waals surface area (Å²) in [6.07, 6.45) is -6.56. The first-order valence-corrected chi connectivity index (χ1v) is 15.9. The number of fused-ring (bicyclic) bond motifs is 1. The van der Waals surface area contributed by atoms with E-state index in [1.54, 1.807) is 11.5 Å². The van der Waals surface area contributed by atoms with Crippen molar-refractivity contribution in [1.29, 1.82) is 0 Å². The number of rotatable bonds is 10. The van der Waals surface area contributed by atoms with Crippen molar-refractivity contribution in [3.8, 4) is 0 Å². The van der Waals surface area contributed by atoms with Crippen molar-refractivity contribution in [2.45, 2.75) is 56.2 Å². The molecule has 47 heavy (non-hydrogen) atoms. The van der Waals surface area contributed by atoms with Crippen LogP contribution in [0, 0.1) is 0 Å². The van der Waals surface area contributed by atoms with Gasteiger partial charge in [0.15, 0.2) is 17.0 Å². The molecule has 1 aliphatic carbocycles. The van der Waals surface area contributed by atoms with Crippen LogP contribution in [0.25, 0.3) is 11.2 Å². The van der Waals surface area contributed by atoms with Crippen LogP contribution >= 0.6 is 0 Å². The number of nitrogens with one attached hydrogen (secondary N) is 2. The van der Waals surface area contributed by atoms with E-state index < -0.39 is 36.4 Å². The Morgan fingerprint density at radius 3 is 2.26 bits per heavy atom. The van der Waals surface area contributed by atoms with Gasteiger partial charge in [0.05, 0.1) is 18.4 Å². The maximum absolute atomic E-state index is 13.5. The monoisotopic (exact) mass is 652 g/mol. The Morgan fingerprint density at radius 2 is 1.66 bits per heavy atom. The molecule has 250 valence electrons. The number of hydrogen-bond acceptors (Lipinski definition) is 9. The van der Waals surface area contributed by atoms with Gasteiger partial charge >= 0.3 is 12.1 Å². The topological polar surface area (TPSA) is 132 Å². The lowest BCUT2D eigenvalue weighted by Crippen LogP contribution is -2.51. The van der Waals surface area contributed by atoms with Crippen molar-refractivity contribution in [2.24, 2.45) is 0 Å². The van der Waals surface area contributed by atoms with Crippen molar-refractivity contribution in [1.82, 2.24) is 29.7 Å². The van der Waals surface area contributed by atoms with Crippen LogP contribution in [0.15, 0.2) is 67.0 Å². The summed E-state index contributed by atoms with van der Waals surface area (Å²) in [5.41, 5.74) is 3.02. The zero-order valence-corrected chi connectivity index (χ0v) is 26.0. The molecular weight excluding hydrogens is 613 g/mol. The van der Waals surface area contributed by atoms with Crippen molar-refractivity contribution in [3.63, 3.8) is 0 Å². The van der Waals surface area contributed by atoms with Gasteiger partial charge in [-0.05, 0) is 24.0 Å². The second-order valence-corrected chi connectivity index (χ2v) is 12.0. The molecule has 0 bridgehead atoms. The maximum Gasteiger partial charge on any atom is 0.471 e. The van der Waals surface area contributed by atoms with Gasteiger partial charge in [-0.2, -0.15) is 23.1 Å². The molecule has 0 spiro atoms. The van der Waals surface area contributed by atoms with E-state index in [2.05, 4.69) is 39.9 Å². The molecule has 4 atom stereocenters. The first-order valence-electron chi connectivity index (χ1n) is 15.9. The zero-order valence-electron chi connectivity index (χ0n) is 26.0. The number of carbonyl (C=O) groups excluding carboxylic acids is 1. The third kappa shape index (κ3) is 6.76. The molecule has 2 aliphatic rings. The number of aromatic nitrogens is 4. The van der Waals surface area contributed by atoms with E-state index in [1.165, 1.54) is 6.33 Å². The Kier molecular flexibility index (Phi) is 9.62. The van der Waals surface area contributed by atoms with Crippen LogP contribution in [0.3, 0.4) is 0 Å². The highest BCUT2D eigenvalue weighted by Gasteiger charge is 2.51. The molecule has 2 fully saturated rings. The minimum Gasteiger partial charge on any atom is -0.388 e. The van der Waals surface area contributed by atoms with Gasteiger partial charge in [-0.25, -0.2) is 4.98 Å². The number of carbonyl (C=O) groups is 1. The quantitative estimate of drug-likeness (QED) is 0.204. The van der Waals surface area contributed by atoms with Crippen LogP contribution in [0.1, 0.15) is 42.9 Å². The molecule has 0 unspecified atom stereocenters. The molecule has 0 radical (unpaired) electrons. The molecule has 2 aromatic heterocycles. The standard InChI is InChI=1S/C33H39F3N8O3/c1-2-15-43(31(47)33(34,35)36)24-18-25(28(46)27(24)45)44-20-39-26-29(40-32(41-30(26)44)42-16-13-37-14-17-42)38-19-23(21-9-5-3-6-10-21)22-11-7-4-8-12-22/h3-12,20,23-25,27-28,37,45-46H,2,13-19H2,1H3,(H,38,40,41)/t24-,25+,27+,28-/m0/s1. The molecule has 4 N–H and O–H groups in total. The van der Waals surface area contributed by atoms with E-state index >= 15 is 0 Å². The van der Waals surface area contributed by atoms with Crippen molar-refractivity contribution < 1.29 is 28.2 Å². The fraction of sp³-hybridized carbons (Fsp3) is 0.455. The number of aliphatic hydroxyl groups excluding tert-OH is 2. The number of piperazine rings is 1. The predicted octanol–water partition coefficient (Wildman–Crippen LogP) is 3.32. The van der Waals surface area contributed by atoms with E-state index in [9.17, 15) is 28.2 Å². The van der Waals surface area contributed by atoms with Gasteiger partial charge in [-0.15, -0.1) is 0 Å². The third-order valence-electron chi connectivity index (χ3n) is 9.03. The molecule has 1 amide bonds. The van der Waals surface area contributed by atoms with Gasteiger partial charge in [0.25, 0.3) is 0 Å². The maximum atomic E-state index is 13.5. The minimum atomic E-state index is -5.11. The van der Waals surface area contributed by atoms with E-state index in [0.717, 1.165) is 24.2 Å². The van der Waals surface area contributed by atoms with Crippen LogP contribution in [-0.4, -0.2) is 104 Å². The number of nitrogens with zero attached hydrogens (tertiary/aromatic N) is 6. The van der Waals surface area contributed by atoms with Crippen molar-refractivity contribution >= 4 is 28.8 Å². The van der Waals surface area contributed by atoms with Crippen LogP contribution in [0.5, 0.6) is 0 Å². The molecule has 2 aromatic carbocycles. The average Bonchev–Trinajstić information content (AvgIpc) is 3.64. The number of amides is 1. The number of benzene rings is 2. The molecule has 4 aromatic rings. The molecule has 6 rings (SSSR count). The largest absolute Gasteiger partial charge is 0.471 e. The average molecular weight is 653 g/mol. The van der Waals surface area contributed by atoms with E-state index in [1.807, 2.05) is 41.3 Å². The first-order chi connectivity index (χ1) is 22.7. The van der Waals surface area contributed by atoms with Crippen LogP contribution in [0.2, 0.25) is 0 Å². The SMILES string of the molecule is CCCN(C(=O)C(F)(F)F)[C@H]1C[C@@H](n2cnc3c(NCC(c4ccccc4)c4ccccc4)nc(N4CCNCC4)nc32)[C@H](O)[C@@H]1O. The van der Waals surface area contributed by atoms with Crippen molar-refractivity contribution in [2.75, 3.05) is 49.5 Å². The lowest BCUT2D eigenvalue weighted by atomic mass is 9.91. The minimum absolute atomic E-state index is 0.0181. The number of alkyl halides is 3. The molecule has 1 aliphatic heterocycles. The zero-order chi connectivity index (χ0) is 33.1. The summed E-state index contributed by atoms with van der Waals surface area (Å²) < 4.78 is 42.1. The summed E-state index contributed by atoms with van der Waals surface area (Å²) in [5, 5.41) is 29.0. The molecule has 1 saturated heterocycles. The Labute approximate surface area is 270 Å². The van der Waals surface area contributed by atoms with E-state index in [4.69, 9.17) is 9.97 Å². The lowest BCUT2D eigenvalue weighted by Gasteiger charge is -2.31. The van der Waals surface area contributed by atoms with Crippen molar-refractivity contribution in [3.05, 3.63) is 78.1 Å². The Hall–Kier alpha value is -4.27. The molecule has 14 heteroatoms. The van der Waals surface area contributed by atoms with Gasteiger partial charge < -0.3 is 35.2 Å². The smallest absolute Gasteiger partial charge is 0.388 e. The highest BCUT2D eigenvalue weighted by Crippen LogP contribution is 2.38. The fourth-order valence-corrected chi connectivity index (χ4v) is 6.67. The third-order valence-corrected chi connectivity index (χ3v) is 9.03. The van der Waals surface area contributed by atoms with Gasteiger partial charge in [0, 0.05) is 45.2 Å². The predicted molar refractivity (Wildman–Crippen MR) is 171 cm³/mol. The van der Waals surface area contributed by atoms with Crippen LogP contribution < -0.4 is 15.5 Å². The summed E-state index contributed by atoms with van der Waals surface area (Å²) >= 11 is 0. The summed E-state index contributed by atoms with van der Waals surface area (Å²) in [7, 11) is 0. The molecule has 11 nitrogen and oxygen atoms in total. The Balaban J connectivity index is 1.36. The lowest BCUT2D eigenvalue weighted by molar-refractivity contribution is -0.190. The Morgan fingerprint density at radius 1 is 1.02 bits per heavy atom. The number of imidazole rings is 1. The first kappa shape index (κ1) is 32.7. The van der Waals surface area contributed by atoms with Gasteiger partial charge in [0.2, 0.25) is 5.95 Å². The normalized spacial score (nSPS) is 21.8. The summed E-state index contributed by atoms with van der Waals surface area (Å²) in [5.74, 6) is -1.13. The molecular formula is C33H39F3N8O3. The van der Waals surface area contributed by atoms with Crippen LogP contribution in [0.4, 0.5) is 24.9 Å². The Bertz CT molecular complexity index is 1610. The number of anilines is 2. The van der Waals surface area contributed by atoms with Crippen LogP contribution in [-0.2, 0) is 4.79 Å². The highest BCUT2D eigenvalue weighted by atomic mass is 19.4. The van der Waals surface area contributed by atoms with Gasteiger partial charge in [-0.1, -0.05) is 67.6 Å². The summed E-state index contributed by atoms with van der Waals surface area (Å²) in [4.78, 5) is 29.4. The second-order valence-electron chi connectivity index (χ2n) is 12.0. The van der Waals surface area contributed by atoms with Gasteiger partial charge in [0.1, 0.15) is 12.2 Å². The fourth-order valence-electron chi connectivity index (χ4n) is 6.67.